The minimum atomic E-state index is 0.637. The lowest BCUT2D eigenvalue weighted by atomic mass is 10.0. The Hall–Kier alpha value is -0.0900. The Bertz CT molecular complexity index is 415. The second-order valence-electron chi connectivity index (χ2n) is 5.52. The van der Waals surface area contributed by atoms with Gasteiger partial charge < -0.3 is 10.2 Å². The third-order valence-electron chi connectivity index (χ3n) is 3.86. The van der Waals surface area contributed by atoms with E-state index in [0.29, 0.717) is 12.1 Å². The molecule has 0 unspecified atom stereocenters. The summed E-state index contributed by atoms with van der Waals surface area (Å²) >= 11 is 9.52. The highest BCUT2D eigenvalue weighted by molar-refractivity contribution is 9.10. The van der Waals surface area contributed by atoms with Gasteiger partial charge in [0.25, 0.3) is 0 Å². The van der Waals surface area contributed by atoms with Crippen LogP contribution in [-0.2, 0) is 6.54 Å². The first-order valence-corrected chi connectivity index (χ1v) is 8.14. The van der Waals surface area contributed by atoms with Crippen LogP contribution in [0, 0.1) is 0 Å². The van der Waals surface area contributed by atoms with Gasteiger partial charge in [-0.2, -0.15) is 0 Å². The van der Waals surface area contributed by atoms with Gasteiger partial charge >= 0.3 is 0 Å². The lowest BCUT2D eigenvalue weighted by Crippen LogP contribution is -2.44. The summed E-state index contributed by atoms with van der Waals surface area (Å²) in [5.74, 6) is 0. The second kappa shape index (κ2) is 7.07. The van der Waals surface area contributed by atoms with Crippen LogP contribution in [0.2, 0.25) is 5.02 Å². The molecule has 0 aromatic heterocycles. The Labute approximate surface area is 129 Å². The molecule has 0 amide bonds. The zero-order valence-corrected chi connectivity index (χ0v) is 14.0. The van der Waals surface area contributed by atoms with E-state index in [0.717, 1.165) is 16.0 Å². The van der Waals surface area contributed by atoms with Crippen molar-refractivity contribution < 1.29 is 0 Å². The van der Waals surface area contributed by atoms with Gasteiger partial charge in [-0.3, -0.25) is 0 Å². The molecule has 4 heteroatoms. The van der Waals surface area contributed by atoms with Crippen molar-refractivity contribution in [2.24, 2.45) is 0 Å². The Morgan fingerprint density at radius 2 is 2.05 bits per heavy atom. The molecule has 1 aliphatic heterocycles. The van der Waals surface area contributed by atoms with Gasteiger partial charge in [0.05, 0.1) is 0 Å². The van der Waals surface area contributed by atoms with E-state index in [9.17, 15) is 0 Å². The van der Waals surface area contributed by atoms with E-state index in [4.69, 9.17) is 11.6 Å². The average Bonchev–Trinajstić information content (AvgIpc) is 2.38. The second-order valence-corrected chi connectivity index (χ2v) is 6.81. The lowest BCUT2D eigenvalue weighted by Gasteiger charge is -2.35. The number of hydrogen-bond donors (Lipinski definition) is 1. The summed E-state index contributed by atoms with van der Waals surface area (Å²) in [7, 11) is 0. The van der Waals surface area contributed by atoms with Gasteiger partial charge in [-0.1, -0.05) is 33.6 Å². The van der Waals surface area contributed by atoms with Gasteiger partial charge in [0.1, 0.15) is 0 Å². The quantitative estimate of drug-likeness (QED) is 0.885. The number of piperidine rings is 1. The molecular weight excluding hydrogens is 324 g/mol. The topological polar surface area (TPSA) is 15.3 Å². The third kappa shape index (κ3) is 4.45. The van der Waals surface area contributed by atoms with Crippen molar-refractivity contribution in [3.05, 3.63) is 33.3 Å². The summed E-state index contributed by atoms with van der Waals surface area (Å²) in [5.41, 5.74) is 1.27. The summed E-state index contributed by atoms with van der Waals surface area (Å²) in [5, 5.41) is 4.44. The van der Waals surface area contributed by atoms with E-state index >= 15 is 0 Å². The molecule has 0 aliphatic carbocycles. The fourth-order valence-corrected chi connectivity index (χ4v) is 3.36. The molecule has 0 bridgehead atoms. The number of halogens is 2. The van der Waals surface area contributed by atoms with E-state index in [2.05, 4.69) is 46.1 Å². The number of rotatable bonds is 4. The number of benzene rings is 1. The predicted molar refractivity (Wildman–Crippen MR) is 85.7 cm³/mol. The van der Waals surface area contributed by atoms with Crippen LogP contribution in [0.4, 0.5) is 0 Å². The highest BCUT2D eigenvalue weighted by Gasteiger charge is 2.20. The summed E-state index contributed by atoms with van der Waals surface area (Å²) in [6.07, 6.45) is 2.48. The molecule has 2 nitrogen and oxygen atoms in total. The smallest absolute Gasteiger partial charge is 0.0417 e. The zero-order chi connectivity index (χ0) is 13.8. The average molecular weight is 346 g/mol. The third-order valence-corrected chi connectivity index (χ3v) is 4.83. The first-order chi connectivity index (χ1) is 9.06. The van der Waals surface area contributed by atoms with E-state index in [1.165, 1.54) is 31.5 Å². The van der Waals surface area contributed by atoms with E-state index < -0.39 is 0 Å². The van der Waals surface area contributed by atoms with Crippen molar-refractivity contribution in [3.8, 4) is 0 Å². The Morgan fingerprint density at radius 1 is 1.37 bits per heavy atom. The minimum absolute atomic E-state index is 0.637. The molecule has 1 heterocycles. The van der Waals surface area contributed by atoms with E-state index in [1.807, 2.05) is 12.1 Å². The van der Waals surface area contributed by atoms with Crippen LogP contribution in [0.1, 0.15) is 32.3 Å². The van der Waals surface area contributed by atoms with Crippen molar-refractivity contribution in [1.29, 1.82) is 0 Å². The van der Waals surface area contributed by atoms with Crippen LogP contribution in [0.25, 0.3) is 0 Å². The summed E-state index contributed by atoms with van der Waals surface area (Å²) in [6.45, 7) is 7.87. The standard InChI is InChI=1S/C15H22BrClN2/c1-11(2)19-7-5-14(6-8-19)18-10-12-3-4-13(17)9-15(12)16/h3-4,9,11,14,18H,5-8,10H2,1-2H3. The van der Waals surface area contributed by atoms with Crippen LogP contribution in [0.5, 0.6) is 0 Å². The monoisotopic (exact) mass is 344 g/mol. The SMILES string of the molecule is CC(C)N1CCC(NCc2ccc(Cl)cc2Br)CC1. The lowest BCUT2D eigenvalue weighted by molar-refractivity contribution is 0.161. The van der Waals surface area contributed by atoms with Crippen molar-refractivity contribution in [2.45, 2.75) is 45.3 Å². The van der Waals surface area contributed by atoms with Gasteiger partial charge in [-0.15, -0.1) is 0 Å². The molecular formula is C15H22BrClN2. The molecule has 1 aromatic carbocycles. The number of likely N-dealkylation sites (tertiary alicyclic amines) is 1. The van der Waals surface area contributed by atoms with Crippen LogP contribution >= 0.6 is 27.5 Å². The zero-order valence-electron chi connectivity index (χ0n) is 11.6. The van der Waals surface area contributed by atoms with E-state index in [-0.39, 0.29) is 0 Å². The van der Waals surface area contributed by atoms with Crippen LogP contribution < -0.4 is 5.32 Å². The van der Waals surface area contributed by atoms with Crippen LogP contribution in [-0.4, -0.2) is 30.1 Å². The molecule has 106 valence electrons. The minimum Gasteiger partial charge on any atom is -0.310 e. The van der Waals surface area contributed by atoms with Crippen molar-refractivity contribution in [2.75, 3.05) is 13.1 Å². The van der Waals surface area contributed by atoms with Gasteiger partial charge in [0, 0.05) is 28.1 Å². The first-order valence-electron chi connectivity index (χ1n) is 6.97. The maximum atomic E-state index is 5.96. The van der Waals surface area contributed by atoms with Crippen LogP contribution in [0.3, 0.4) is 0 Å². The van der Waals surface area contributed by atoms with Crippen molar-refractivity contribution >= 4 is 27.5 Å². The molecule has 0 atom stereocenters. The maximum absolute atomic E-state index is 5.96. The van der Waals surface area contributed by atoms with E-state index in [1.54, 1.807) is 0 Å². The predicted octanol–water partition coefficient (Wildman–Crippen LogP) is 4.06. The molecule has 1 aromatic rings. The highest BCUT2D eigenvalue weighted by Crippen LogP contribution is 2.22. The summed E-state index contributed by atoms with van der Waals surface area (Å²) < 4.78 is 1.09. The number of hydrogen-bond acceptors (Lipinski definition) is 2. The molecule has 0 spiro atoms. The van der Waals surface area contributed by atoms with Crippen LogP contribution in [0.15, 0.2) is 22.7 Å². The molecule has 0 saturated carbocycles. The van der Waals surface area contributed by atoms with Gasteiger partial charge in [0.2, 0.25) is 0 Å². The Balaban J connectivity index is 1.80. The molecule has 0 radical (unpaired) electrons. The van der Waals surface area contributed by atoms with Gasteiger partial charge in [-0.05, 0) is 57.5 Å². The largest absolute Gasteiger partial charge is 0.310 e. The fraction of sp³-hybridized carbons (Fsp3) is 0.600. The summed E-state index contributed by atoms with van der Waals surface area (Å²) in [6, 6.07) is 7.30. The molecule has 19 heavy (non-hydrogen) atoms. The highest BCUT2D eigenvalue weighted by atomic mass is 79.9. The van der Waals surface area contributed by atoms with Crippen molar-refractivity contribution in [1.82, 2.24) is 10.2 Å². The first kappa shape index (κ1) is 15.3. The maximum Gasteiger partial charge on any atom is 0.0417 e. The Morgan fingerprint density at radius 3 is 2.63 bits per heavy atom. The molecule has 1 aliphatic rings. The molecule has 2 rings (SSSR count). The normalized spacial score (nSPS) is 18.2. The number of nitrogens with one attached hydrogen (secondary N) is 1. The molecule has 1 N–H and O–H groups in total. The summed E-state index contributed by atoms with van der Waals surface area (Å²) in [4.78, 5) is 2.55. The van der Waals surface area contributed by atoms with Gasteiger partial charge in [0.15, 0.2) is 0 Å². The van der Waals surface area contributed by atoms with Crippen molar-refractivity contribution in [3.63, 3.8) is 0 Å². The number of nitrogens with zero attached hydrogens (tertiary/aromatic N) is 1. The molecule has 1 saturated heterocycles. The Kier molecular flexibility index (Phi) is 5.70. The molecule has 1 fully saturated rings. The van der Waals surface area contributed by atoms with Gasteiger partial charge in [-0.25, -0.2) is 0 Å². The fourth-order valence-electron chi connectivity index (χ4n) is 2.54.